The molecule has 0 aromatic heterocycles. The van der Waals surface area contributed by atoms with E-state index >= 15 is 0 Å². The van der Waals surface area contributed by atoms with Crippen molar-refractivity contribution in [3.63, 3.8) is 0 Å². The van der Waals surface area contributed by atoms with Gasteiger partial charge in [-0.05, 0) is 31.9 Å². The van der Waals surface area contributed by atoms with E-state index in [1.807, 2.05) is 0 Å². The van der Waals surface area contributed by atoms with Gasteiger partial charge in [-0.15, -0.1) is 0 Å². The minimum Gasteiger partial charge on any atom is -0.493 e. The number of urea groups is 1. The summed E-state index contributed by atoms with van der Waals surface area (Å²) >= 11 is 0. The molecular weight excluding hydrogens is 404 g/mol. The first-order valence-electron chi connectivity index (χ1n) is 10.5. The van der Waals surface area contributed by atoms with Crippen LogP contribution in [0.1, 0.15) is 19.8 Å². The first kappa shape index (κ1) is 22.5. The molecule has 1 aromatic rings. The second-order valence-electron chi connectivity index (χ2n) is 7.42. The number of nitrogens with zero attached hydrogens (tertiary/aromatic N) is 3. The third-order valence-electron chi connectivity index (χ3n) is 5.49. The van der Waals surface area contributed by atoms with Crippen LogP contribution < -0.4 is 19.7 Å². The molecule has 1 aromatic carbocycles. The molecule has 2 fully saturated rings. The monoisotopic (exact) mass is 434 g/mol. The zero-order valence-electron chi connectivity index (χ0n) is 18.3. The van der Waals surface area contributed by atoms with Crippen LogP contribution in [0.15, 0.2) is 18.2 Å². The summed E-state index contributed by atoms with van der Waals surface area (Å²) in [6.07, 6.45) is 1.01. The highest BCUT2D eigenvalue weighted by Crippen LogP contribution is 2.32. The average Bonchev–Trinajstić information content (AvgIpc) is 3.13. The Labute approximate surface area is 182 Å². The first-order chi connectivity index (χ1) is 15.0. The highest BCUT2D eigenvalue weighted by atomic mass is 16.6. The molecule has 1 N–H and O–H groups in total. The highest BCUT2D eigenvalue weighted by molar-refractivity contribution is 5.96. The smallest absolute Gasteiger partial charge is 0.409 e. The summed E-state index contributed by atoms with van der Waals surface area (Å²) in [6, 6.07) is 5.05. The molecular formula is C21H30N4O6. The number of benzene rings is 1. The lowest BCUT2D eigenvalue weighted by Gasteiger charge is -2.31. The first-order valence-corrected chi connectivity index (χ1v) is 10.5. The molecule has 3 rings (SSSR count). The van der Waals surface area contributed by atoms with Crippen molar-refractivity contribution >= 4 is 23.7 Å². The standard InChI is InChI=1S/C21H30N4O6/c1-4-31-21(28)23-9-7-15(8-10-23)22-19(26)14-24-11-12-25(20(24)27)16-5-6-17(29-2)18(13-16)30-3/h5-6,13,15H,4,7-12,14H2,1-3H3,(H,22,26). The van der Waals surface area contributed by atoms with Crippen LogP contribution in [0.2, 0.25) is 0 Å². The van der Waals surface area contributed by atoms with E-state index in [1.165, 1.54) is 4.90 Å². The quantitative estimate of drug-likeness (QED) is 0.701. The van der Waals surface area contributed by atoms with E-state index in [2.05, 4.69) is 5.32 Å². The van der Waals surface area contributed by atoms with Crippen LogP contribution in [0.4, 0.5) is 15.3 Å². The molecule has 0 unspecified atom stereocenters. The van der Waals surface area contributed by atoms with E-state index in [-0.39, 0.29) is 30.6 Å². The van der Waals surface area contributed by atoms with Gasteiger partial charge in [0.1, 0.15) is 6.54 Å². The molecule has 2 heterocycles. The van der Waals surface area contributed by atoms with Gasteiger partial charge in [0.25, 0.3) is 0 Å². The van der Waals surface area contributed by atoms with Crippen LogP contribution in [0.5, 0.6) is 11.5 Å². The van der Waals surface area contributed by atoms with Crippen molar-refractivity contribution in [2.45, 2.75) is 25.8 Å². The van der Waals surface area contributed by atoms with Crippen LogP contribution in [0.25, 0.3) is 0 Å². The third kappa shape index (κ3) is 5.31. The van der Waals surface area contributed by atoms with Crippen molar-refractivity contribution in [2.75, 3.05) is 58.5 Å². The van der Waals surface area contributed by atoms with Crippen molar-refractivity contribution in [3.05, 3.63) is 18.2 Å². The van der Waals surface area contributed by atoms with Crippen LogP contribution >= 0.6 is 0 Å². The van der Waals surface area contributed by atoms with Crippen molar-refractivity contribution in [2.24, 2.45) is 0 Å². The summed E-state index contributed by atoms with van der Waals surface area (Å²) in [6.45, 7) is 4.15. The number of anilines is 1. The molecule has 10 heteroatoms. The van der Waals surface area contributed by atoms with Gasteiger partial charge in [0.15, 0.2) is 11.5 Å². The van der Waals surface area contributed by atoms with Crippen LogP contribution in [-0.4, -0.2) is 87.4 Å². The fourth-order valence-electron chi connectivity index (χ4n) is 3.83. The number of piperidine rings is 1. The topological polar surface area (TPSA) is 101 Å². The van der Waals surface area contributed by atoms with E-state index in [4.69, 9.17) is 14.2 Å². The lowest BCUT2D eigenvalue weighted by Crippen LogP contribution is -2.49. The maximum absolute atomic E-state index is 12.8. The zero-order chi connectivity index (χ0) is 22.4. The minimum absolute atomic E-state index is 0.000708. The largest absolute Gasteiger partial charge is 0.493 e. The molecule has 170 valence electrons. The molecule has 2 aliphatic heterocycles. The third-order valence-corrected chi connectivity index (χ3v) is 5.49. The number of carbonyl (C=O) groups is 3. The Morgan fingerprint density at radius 3 is 2.42 bits per heavy atom. The minimum atomic E-state index is -0.315. The number of hydrogen-bond acceptors (Lipinski definition) is 6. The summed E-state index contributed by atoms with van der Waals surface area (Å²) in [5.41, 5.74) is 0.692. The van der Waals surface area contributed by atoms with Gasteiger partial charge in [0.2, 0.25) is 5.91 Å². The molecule has 0 spiro atoms. The summed E-state index contributed by atoms with van der Waals surface area (Å²) in [5.74, 6) is 0.929. The Morgan fingerprint density at radius 2 is 1.77 bits per heavy atom. The van der Waals surface area contributed by atoms with Gasteiger partial charge in [0.05, 0.1) is 20.8 Å². The van der Waals surface area contributed by atoms with Gasteiger partial charge in [0, 0.05) is 44.0 Å². The van der Waals surface area contributed by atoms with E-state index in [0.717, 1.165) is 0 Å². The Kier molecular flexibility index (Phi) is 7.43. The molecule has 2 aliphatic rings. The summed E-state index contributed by atoms with van der Waals surface area (Å²) in [7, 11) is 3.10. The number of carbonyl (C=O) groups excluding carboxylic acids is 3. The number of nitrogens with one attached hydrogen (secondary N) is 1. The number of hydrogen-bond donors (Lipinski definition) is 1. The molecule has 0 saturated carbocycles. The van der Waals surface area contributed by atoms with E-state index < -0.39 is 0 Å². The molecule has 10 nitrogen and oxygen atoms in total. The van der Waals surface area contributed by atoms with Gasteiger partial charge in [-0.3, -0.25) is 9.69 Å². The van der Waals surface area contributed by atoms with E-state index in [0.29, 0.717) is 62.8 Å². The second-order valence-corrected chi connectivity index (χ2v) is 7.42. The lowest BCUT2D eigenvalue weighted by atomic mass is 10.1. The van der Waals surface area contributed by atoms with Crippen LogP contribution in [0, 0.1) is 0 Å². The van der Waals surface area contributed by atoms with Gasteiger partial charge in [-0.25, -0.2) is 9.59 Å². The Balaban J connectivity index is 1.50. The van der Waals surface area contributed by atoms with Gasteiger partial charge < -0.3 is 29.3 Å². The van der Waals surface area contributed by atoms with E-state index in [1.54, 1.807) is 49.1 Å². The van der Waals surface area contributed by atoms with Crippen molar-refractivity contribution < 1.29 is 28.6 Å². The van der Waals surface area contributed by atoms with Crippen molar-refractivity contribution in [1.82, 2.24) is 15.1 Å². The van der Waals surface area contributed by atoms with Crippen molar-refractivity contribution in [3.8, 4) is 11.5 Å². The predicted molar refractivity (Wildman–Crippen MR) is 114 cm³/mol. The SMILES string of the molecule is CCOC(=O)N1CCC(NC(=O)CN2CCN(c3ccc(OC)c(OC)c3)C2=O)CC1. The number of amides is 4. The van der Waals surface area contributed by atoms with E-state index in [9.17, 15) is 14.4 Å². The molecule has 0 aliphatic carbocycles. The second kappa shape index (κ2) is 10.2. The fraction of sp³-hybridized carbons (Fsp3) is 0.571. The maximum Gasteiger partial charge on any atom is 0.409 e. The molecule has 0 radical (unpaired) electrons. The van der Waals surface area contributed by atoms with Crippen LogP contribution in [-0.2, 0) is 9.53 Å². The number of ether oxygens (including phenoxy) is 3. The lowest BCUT2D eigenvalue weighted by molar-refractivity contribution is -0.122. The van der Waals surface area contributed by atoms with Gasteiger partial charge in [-0.1, -0.05) is 0 Å². The summed E-state index contributed by atoms with van der Waals surface area (Å²) in [4.78, 5) is 41.9. The maximum atomic E-state index is 12.8. The fourth-order valence-corrected chi connectivity index (χ4v) is 3.83. The highest BCUT2D eigenvalue weighted by Gasteiger charge is 2.32. The number of rotatable bonds is 7. The van der Waals surface area contributed by atoms with Crippen LogP contribution in [0.3, 0.4) is 0 Å². The normalized spacial score (nSPS) is 17.0. The van der Waals surface area contributed by atoms with Gasteiger partial charge in [-0.2, -0.15) is 0 Å². The Hall–Kier alpha value is -3.17. The van der Waals surface area contributed by atoms with Crippen molar-refractivity contribution in [1.29, 1.82) is 0 Å². The molecule has 31 heavy (non-hydrogen) atoms. The number of methoxy groups -OCH3 is 2. The Morgan fingerprint density at radius 1 is 1.06 bits per heavy atom. The zero-order valence-corrected chi connectivity index (χ0v) is 18.3. The molecule has 0 bridgehead atoms. The summed E-state index contributed by atoms with van der Waals surface area (Å²) < 4.78 is 15.6. The van der Waals surface area contributed by atoms with Gasteiger partial charge >= 0.3 is 12.1 Å². The molecule has 0 atom stereocenters. The average molecular weight is 434 g/mol. The molecule has 2 saturated heterocycles. The number of likely N-dealkylation sites (tertiary alicyclic amines) is 1. The predicted octanol–water partition coefficient (Wildman–Crippen LogP) is 1.68. The Bertz CT molecular complexity index is 809. The summed E-state index contributed by atoms with van der Waals surface area (Å²) in [5, 5.41) is 2.98. The molecule has 4 amide bonds.